The Morgan fingerprint density at radius 1 is 0.746 bits per heavy atom. The molecule has 0 spiro atoms. The highest BCUT2D eigenvalue weighted by Crippen LogP contribution is 2.32. The summed E-state index contributed by atoms with van der Waals surface area (Å²) in [6, 6.07) is 1.62. The Kier molecular flexibility index (Phi) is 69.7. The van der Waals surface area contributed by atoms with Crippen molar-refractivity contribution in [2.45, 2.75) is 175 Å². The van der Waals surface area contributed by atoms with E-state index in [0.29, 0.717) is 64.8 Å². The third kappa shape index (κ3) is 57.7. The quantitative estimate of drug-likeness (QED) is 0.0180. The Morgan fingerprint density at radius 2 is 1.25 bits per heavy atom. The van der Waals surface area contributed by atoms with Gasteiger partial charge in [0.1, 0.15) is 18.3 Å². The number of esters is 4. The number of aliphatic carboxylic acids is 2. The number of carbonyl (C=O) groups is 7. The summed E-state index contributed by atoms with van der Waals surface area (Å²) in [7, 11) is 2.96. The Bertz CT molecular complexity index is 1480. The number of rotatable bonds is 17. The lowest BCUT2D eigenvalue weighted by Gasteiger charge is -2.30. The predicted molar refractivity (Wildman–Crippen MR) is 272 cm³/mol. The number of unbranched alkanes of at least 4 members (excludes halogenated alkanes) is 2. The minimum absolute atomic E-state index is 0. The number of carbonyl (C=O) groups excluding carboxylic acids is 5. The van der Waals surface area contributed by atoms with Gasteiger partial charge in [0.25, 0.3) is 18.1 Å². The van der Waals surface area contributed by atoms with Gasteiger partial charge in [-0.15, -0.1) is 25.3 Å². The van der Waals surface area contributed by atoms with Crippen LogP contribution in [0.1, 0.15) is 157 Å². The third-order valence-corrected chi connectivity index (χ3v) is 9.51. The number of hydrogen-bond acceptors (Lipinski definition) is 17. The molecular weight excluding hydrogens is 977 g/mol. The molecule has 0 saturated heterocycles. The van der Waals surface area contributed by atoms with E-state index in [0.717, 1.165) is 84.0 Å². The van der Waals surface area contributed by atoms with Crippen LogP contribution in [0.3, 0.4) is 0 Å². The molecule has 3 aliphatic rings. The van der Waals surface area contributed by atoms with E-state index in [9.17, 15) is 28.8 Å². The summed E-state index contributed by atoms with van der Waals surface area (Å²) in [6.45, 7) is 16.7. The lowest BCUT2D eigenvalue weighted by atomic mass is 9.82. The fourth-order valence-electron chi connectivity index (χ4n) is 5.78. The number of aliphatic hydroxyl groups is 1. The summed E-state index contributed by atoms with van der Waals surface area (Å²) in [4.78, 5) is 77.0. The summed E-state index contributed by atoms with van der Waals surface area (Å²) in [6.07, 6.45) is 19.4. The van der Waals surface area contributed by atoms with Crippen LogP contribution < -0.4 is 0 Å². The topological polar surface area (TPSA) is 390 Å². The molecule has 0 heterocycles. The largest absolute Gasteiger partial charge is 0.481 e. The normalized spacial score (nSPS) is 17.3. The number of nitrogens with zero attached hydrogens (tertiary/aromatic N) is 2. The molecule has 71 heavy (non-hydrogen) atoms. The lowest BCUT2D eigenvalue weighted by molar-refractivity contribution is -0.162. The van der Waals surface area contributed by atoms with Gasteiger partial charge in [-0.2, -0.15) is 0 Å². The van der Waals surface area contributed by atoms with Crippen LogP contribution in [0.15, 0.2) is 22.1 Å². The molecule has 416 valence electrons. The number of ether oxygens (including phenoxy) is 6. The van der Waals surface area contributed by atoms with Crippen molar-refractivity contribution in [2.75, 3.05) is 34.0 Å². The standard InChI is InChI=1S/C17H26O6.C12H20O2.C5H10O3.C4H2N2S2.C4H8O2.C3H8O.C2H4O2.4H2O/c1-11(18)22-14-7-9-15(10-8-14)23-17(20)13-5-3-12(4-6-13)16(19)21-2;1-2-3-5-10-12(13)14-11-8-6-4-7-9-11;1-8-4-2-3-5(6)7;1-6-3(2-5)4(7)8;1-2-3-6-4-5;1-2-3-4;1-2(3)4;;;;/h12-15H,3-10H2,1-2H3;6,8,11H,2-5,7,9-10H2,1H3;2-4H2,1H3,(H,6,7);7-8H;4H,2-3H2,1H3;4H,2-3H2,1H3;1H3,(H,3,4);4*1H2. The highest BCUT2D eigenvalue weighted by molar-refractivity contribution is 8.05. The van der Waals surface area contributed by atoms with Crippen molar-refractivity contribution < 1.29 is 99.2 Å². The fraction of sp³-hybridized carbons (Fsp3) is 0.723. The molecule has 1 unspecified atom stereocenters. The van der Waals surface area contributed by atoms with E-state index < -0.39 is 11.9 Å². The number of methoxy groups -OCH3 is 2. The van der Waals surface area contributed by atoms with Crippen molar-refractivity contribution in [2.24, 2.45) is 11.8 Å². The van der Waals surface area contributed by atoms with Crippen LogP contribution >= 0.6 is 25.3 Å². The third-order valence-electron chi connectivity index (χ3n) is 9.09. The van der Waals surface area contributed by atoms with Crippen LogP contribution in [0.4, 0.5) is 0 Å². The summed E-state index contributed by atoms with van der Waals surface area (Å²) < 4.78 is 30.0. The number of thiol groups is 2. The first kappa shape index (κ1) is 83.1. The van der Waals surface area contributed by atoms with Crippen LogP contribution in [0.25, 0.3) is 4.85 Å². The smallest absolute Gasteiger partial charge is 0.309 e. The minimum atomic E-state index is -0.833. The minimum Gasteiger partial charge on any atom is -0.481 e. The van der Waals surface area contributed by atoms with Crippen LogP contribution in [-0.4, -0.2) is 132 Å². The number of aliphatic hydroxyl groups excluding tert-OH is 1. The lowest BCUT2D eigenvalue weighted by Crippen LogP contribution is -2.33. The van der Waals surface area contributed by atoms with Gasteiger partial charge in [0, 0.05) is 47.0 Å². The van der Waals surface area contributed by atoms with Gasteiger partial charge in [-0.3, -0.25) is 33.6 Å². The molecule has 24 heteroatoms. The molecule has 0 bridgehead atoms. The number of carboxylic acids is 2. The molecule has 0 aliphatic heterocycles. The summed E-state index contributed by atoms with van der Waals surface area (Å²) in [5.41, 5.74) is -0.0725. The Morgan fingerprint density at radius 3 is 1.58 bits per heavy atom. The molecule has 3 aliphatic carbocycles. The summed E-state index contributed by atoms with van der Waals surface area (Å²) in [5, 5.41) is 31.5. The molecule has 0 aromatic carbocycles. The monoisotopic (exact) mass is 1060 g/mol. The van der Waals surface area contributed by atoms with Crippen LogP contribution in [-0.2, 0) is 62.0 Å². The average molecular weight is 1060 g/mol. The maximum atomic E-state index is 12.2. The van der Waals surface area contributed by atoms with Crippen LogP contribution in [0, 0.1) is 29.7 Å². The highest BCUT2D eigenvalue weighted by Gasteiger charge is 2.33. The predicted octanol–water partition coefficient (Wildman–Crippen LogP) is 5.31. The molecule has 2 fully saturated rings. The first-order chi connectivity index (χ1) is 31.9. The fourth-order valence-corrected chi connectivity index (χ4v) is 5.98. The van der Waals surface area contributed by atoms with Crippen molar-refractivity contribution in [3.05, 3.63) is 33.5 Å². The van der Waals surface area contributed by atoms with Crippen molar-refractivity contribution in [3.8, 4) is 6.07 Å². The zero-order valence-electron chi connectivity index (χ0n) is 42.6. The molecule has 3 rings (SSSR count). The molecule has 0 aromatic rings. The molecule has 2 saturated carbocycles. The second-order valence-electron chi connectivity index (χ2n) is 15.0. The van der Waals surface area contributed by atoms with E-state index in [2.05, 4.69) is 52.6 Å². The molecule has 11 N–H and O–H groups in total. The second kappa shape index (κ2) is 59.5. The molecule has 0 radical (unpaired) electrons. The van der Waals surface area contributed by atoms with Crippen molar-refractivity contribution >= 4 is 67.5 Å². The van der Waals surface area contributed by atoms with Crippen molar-refractivity contribution in [1.29, 1.82) is 5.26 Å². The van der Waals surface area contributed by atoms with Crippen molar-refractivity contribution in [1.82, 2.24) is 0 Å². The summed E-state index contributed by atoms with van der Waals surface area (Å²) in [5.74, 6) is -2.40. The number of hydrogen-bond donors (Lipinski definition) is 5. The summed E-state index contributed by atoms with van der Waals surface area (Å²) >= 11 is 7.32. The molecule has 0 amide bonds. The van der Waals surface area contributed by atoms with Gasteiger partial charge < -0.3 is 65.6 Å². The van der Waals surface area contributed by atoms with Gasteiger partial charge in [0.05, 0.1) is 42.4 Å². The van der Waals surface area contributed by atoms with Gasteiger partial charge in [-0.25, -0.2) is 10.1 Å². The van der Waals surface area contributed by atoms with E-state index in [4.69, 9.17) is 50.9 Å². The molecule has 22 nitrogen and oxygen atoms in total. The van der Waals surface area contributed by atoms with E-state index in [1.807, 2.05) is 19.9 Å². The van der Waals surface area contributed by atoms with Gasteiger partial charge in [-0.1, -0.05) is 39.7 Å². The number of nitriles is 1. The zero-order chi connectivity index (χ0) is 51.8. The SMILES string of the molecule is CC(=O)O.CCCCCC(=O)OC1C=CCCC1.CCCO.CCCOC=O.COC(=O)C1CCC(C(=O)OC2CCC(OC(C)=O)CC2)CC1.COCCCC(=O)O.O.O.O.O.[C-]#[N+]C(C#N)=C(S)S. The average Bonchev–Trinajstić information content (AvgIpc) is 3.30. The Balaban J connectivity index is -0.000000119. The number of allylic oxidation sites excluding steroid dienone is 2. The maximum Gasteiger partial charge on any atom is 0.309 e. The van der Waals surface area contributed by atoms with E-state index in [1.165, 1.54) is 14.0 Å². The Hall–Kier alpha value is -4.79. The van der Waals surface area contributed by atoms with Crippen LogP contribution in [0.5, 0.6) is 0 Å². The maximum absolute atomic E-state index is 12.2. The molecule has 0 aromatic heterocycles. The van der Waals surface area contributed by atoms with Gasteiger partial charge in [0.15, 0.2) is 0 Å². The zero-order valence-corrected chi connectivity index (χ0v) is 44.4. The van der Waals surface area contributed by atoms with E-state index in [-0.39, 0.29) is 92.3 Å². The molecule has 1 atom stereocenters. The van der Waals surface area contributed by atoms with Crippen LogP contribution in [0.2, 0.25) is 0 Å². The van der Waals surface area contributed by atoms with Gasteiger partial charge in [0.2, 0.25) is 0 Å². The first-order valence-corrected chi connectivity index (χ1v) is 23.5. The second-order valence-corrected chi connectivity index (χ2v) is 16.2. The van der Waals surface area contributed by atoms with E-state index in [1.54, 1.807) is 13.2 Å². The Labute approximate surface area is 431 Å². The molecular formula is C47H86N2O20S2. The highest BCUT2D eigenvalue weighted by atomic mass is 32.2. The number of carboxylic acid groups (broad SMARTS) is 2. The van der Waals surface area contributed by atoms with Crippen molar-refractivity contribution in [3.63, 3.8) is 0 Å². The van der Waals surface area contributed by atoms with E-state index >= 15 is 0 Å². The first-order valence-electron chi connectivity index (χ1n) is 22.7. The van der Waals surface area contributed by atoms with Gasteiger partial charge in [-0.05, 0) is 102 Å². The van der Waals surface area contributed by atoms with Gasteiger partial charge >= 0.3 is 29.8 Å².